The highest BCUT2D eigenvalue weighted by Gasteiger charge is 2.26. The number of carbonyl (C=O) groups excluding carboxylic acids is 4. The van der Waals surface area contributed by atoms with Gasteiger partial charge in [-0.25, -0.2) is 0 Å². The quantitative estimate of drug-likeness (QED) is 0.0498. The van der Waals surface area contributed by atoms with Crippen LogP contribution in [-0.4, -0.2) is 88.8 Å². The Morgan fingerprint density at radius 3 is 2.06 bits per heavy atom. The zero-order valence-corrected chi connectivity index (χ0v) is 27.0. The molecule has 0 bridgehead atoms. The average molecular weight is 666 g/mol. The van der Waals surface area contributed by atoms with Crippen molar-refractivity contribution in [3.8, 4) is 11.4 Å². The van der Waals surface area contributed by atoms with Crippen LogP contribution >= 0.6 is 0 Å². The fourth-order valence-corrected chi connectivity index (χ4v) is 4.42. The zero-order valence-electron chi connectivity index (χ0n) is 27.0. The molecule has 0 aliphatic carbocycles. The maximum Gasteiger partial charge on any atom is 0.243 e. The minimum absolute atomic E-state index is 0.00980. The van der Waals surface area contributed by atoms with Gasteiger partial charge in [-0.2, -0.15) is 0 Å². The number of nitrogens with zero attached hydrogens (tertiary/aromatic N) is 10. The van der Waals surface area contributed by atoms with E-state index in [4.69, 9.17) is 16.8 Å². The first-order valence-electron chi connectivity index (χ1n) is 15.8. The van der Waals surface area contributed by atoms with E-state index in [1.165, 1.54) is 0 Å². The van der Waals surface area contributed by atoms with Crippen molar-refractivity contribution in [2.24, 2.45) is 16.0 Å². The third-order valence-electron chi connectivity index (χ3n) is 6.93. The molecule has 0 unspecified atom stereocenters. The molecule has 1 aromatic carbocycles. The minimum Gasteiger partial charge on any atom is -0.356 e. The van der Waals surface area contributed by atoms with Gasteiger partial charge in [-0.05, 0) is 75.0 Å². The van der Waals surface area contributed by atoms with Crippen LogP contribution in [0.3, 0.4) is 0 Å². The average Bonchev–Trinajstić information content (AvgIpc) is 3.07. The molecular formula is C29H43N15O4. The first-order valence-corrected chi connectivity index (χ1v) is 15.8. The van der Waals surface area contributed by atoms with Crippen LogP contribution in [0.1, 0.15) is 62.8 Å². The van der Waals surface area contributed by atoms with Crippen molar-refractivity contribution in [3.05, 3.63) is 56.5 Å². The fraction of sp³-hybridized carbons (Fsp3) is 0.586. The van der Waals surface area contributed by atoms with Crippen molar-refractivity contribution in [3.63, 3.8) is 0 Å². The van der Waals surface area contributed by atoms with E-state index in [0.29, 0.717) is 74.4 Å². The van der Waals surface area contributed by atoms with Crippen LogP contribution in [0.15, 0.2) is 34.5 Å². The Hall–Kier alpha value is -5.38. The van der Waals surface area contributed by atoms with Crippen molar-refractivity contribution in [1.82, 2.24) is 41.7 Å². The van der Waals surface area contributed by atoms with Gasteiger partial charge >= 0.3 is 0 Å². The number of carbonyl (C=O) groups is 4. The Labute approximate surface area is 277 Å². The summed E-state index contributed by atoms with van der Waals surface area (Å²) in [7, 11) is 0. The number of rotatable bonds is 23. The molecule has 0 fully saturated rings. The van der Waals surface area contributed by atoms with Crippen LogP contribution in [-0.2, 0) is 25.6 Å². The van der Waals surface area contributed by atoms with Gasteiger partial charge < -0.3 is 27.0 Å². The first kappa shape index (κ1) is 38.8. The maximum absolute atomic E-state index is 13.5. The topological polar surface area (TPSA) is 291 Å². The lowest BCUT2D eigenvalue weighted by atomic mass is 10.0. The highest BCUT2D eigenvalue weighted by Crippen LogP contribution is 2.15. The Bertz CT molecular complexity index is 1410. The van der Waals surface area contributed by atoms with Crippen molar-refractivity contribution in [2.75, 3.05) is 32.7 Å². The molecule has 48 heavy (non-hydrogen) atoms. The van der Waals surface area contributed by atoms with E-state index in [1.54, 1.807) is 31.2 Å². The summed E-state index contributed by atoms with van der Waals surface area (Å²) in [4.78, 5) is 56.7. The standard InChI is InChI=1S/C29H43N15O4/c1-20-39-41-27(42-40-20)22-11-9-21(10-12-22)19-26(46)37-24(7-2-4-14-30)29(48)38-23(28(47)34-16-6-17-35-43-31)8-3-5-15-33-25(45)13-18-36-44-32/h9-12,23-24H,2-8,13-19,30H2,1H3,(H,33,45)(H,34,47)(H,37,46)(H,38,48)/t23-,24-/m0/s1. The number of nitrogens with two attached hydrogens (primary N) is 1. The lowest BCUT2D eigenvalue weighted by Gasteiger charge is -2.23. The van der Waals surface area contributed by atoms with E-state index < -0.39 is 23.9 Å². The van der Waals surface area contributed by atoms with Gasteiger partial charge in [-0.3, -0.25) is 19.2 Å². The van der Waals surface area contributed by atoms with E-state index in [-0.39, 0.29) is 50.7 Å². The first-order chi connectivity index (χ1) is 23.3. The molecule has 6 N–H and O–H groups in total. The summed E-state index contributed by atoms with van der Waals surface area (Å²) < 4.78 is 0. The molecule has 2 rings (SSSR count). The van der Waals surface area contributed by atoms with Crippen LogP contribution in [0.25, 0.3) is 32.3 Å². The number of aromatic nitrogens is 4. The molecule has 0 saturated heterocycles. The summed E-state index contributed by atoms with van der Waals surface area (Å²) >= 11 is 0. The van der Waals surface area contributed by atoms with E-state index in [9.17, 15) is 19.2 Å². The lowest BCUT2D eigenvalue weighted by molar-refractivity contribution is -0.132. The molecule has 19 nitrogen and oxygen atoms in total. The van der Waals surface area contributed by atoms with E-state index >= 15 is 0 Å². The zero-order chi connectivity index (χ0) is 35.0. The Balaban J connectivity index is 2.02. The van der Waals surface area contributed by atoms with Crippen molar-refractivity contribution in [2.45, 2.75) is 76.8 Å². The van der Waals surface area contributed by atoms with Gasteiger partial charge in [0.15, 0.2) is 5.82 Å². The molecule has 0 aliphatic rings. The SMILES string of the molecule is Cc1nnc(-c2ccc(CC(=O)N[C@@H](CCCCN)C(=O)N[C@@H](CCCCNC(=O)CCN=[N+]=[N-])C(=O)NCCCN=[N+]=[N-])cc2)nn1. The largest absolute Gasteiger partial charge is 0.356 e. The van der Waals surface area contributed by atoms with Crippen LogP contribution in [0.4, 0.5) is 0 Å². The van der Waals surface area contributed by atoms with E-state index in [2.05, 4.69) is 61.7 Å². The summed E-state index contributed by atoms with van der Waals surface area (Å²) in [6.45, 7) is 2.96. The van der Waals surface area contributed by atoms with Gasteiger partial charge in [0, 0.05) is 48.0 Å². The van der Waals surface area contributed by atoms with Gasteiger partial charge in [0.25, 0.3) is 0 Å². The number of amides is 4. The number of aryl methyl sites for hydroxylation is 1. The highest BCUT2D eigenvalue weighted by atomic mass is 16.2. The van der Waals surface area contributed by atoms with Crippen molar-refractivity contribution < 1.29 is 19.2 Å². The summed E-state index contributed by atoms with van der Waals surface area (Å²) in [5, 5.41) is 33.7. The molecular weight excluding hydrogens is 622 g/mol. The lowest BCUT2D eigenvalue weighted by Crippen LogP contribution is -2.54. The molecule has 2 atom stereocenters. The Morgan fingerprint density at radius 2 is 1.40 bits per heavy atom. The molecule has 19 heteroatoms. The van der Waals surface area contributed by atoms with Crippen LogP contribution in [0, 0.1) is 6.92 Å². The number of hydrogen-bond acceptors (Lipinski definition) is 11. The van der Waals surface area contributed by atoms with Gasteiger partial charge in [0.05, 0.1) is 6.42 Å². The third-order valence-corrected chi connectivity index (χ3v) is 6.93. The number of benzene rings is 1. The Morgan fingerprint density at radius 1 is 0.771 bits per heavy atom. The number of hydrogen-bond donors (Lipinski definition) is 5. The monoisotopic (exact) mass is 665 g/mol. The third kappa shape index (κ3) is 15.8. The van der Waals surface area contributed by atoms with Crippen LogP contribution in [0.2, 0.25) is 0 Å². The number of unbranched alkanes of at least 4 members (excludes halogenated alkanes) is 2. The van der Waals surface area contributed by atoms with E-state index in [0.717, 1.165) is 0 Å². The smallest absolute Gasteiger partial charge is 0.243 e. The Kier molecular flexibility index (Phi) is 18.6. The molecule has 2 aromatic rings. The molecule has 1 aromatic heterocycles. The minimum atomic E-state index is -0.910. The maximum atomic E-state index is 13.5. The van der Waals surface area contributed by atoms with Crippen molar-refractivity contribution in [1.29, 1.82) is 0 Å². The van der Waals surface area contributed by atoms with Crippen LogP contribution in [0.5, 0.6) is 0 Å². The number of azide groups is 2. The van der Waals surface area contributed by atoms with E-state index in [1.807, 2.05) is 0 Å². The molecule has 258 valence electrons. The normalized spacial score (nSPS) is 11.6. The van der Waals surface area contributed by atoms with Crippen LogP contribution < -0.4 is 27.0 Å². The molecule has 0 saturated carbocycles. The van der Waals surface area contributed by atoms with Gasteiger partial charge in [-0.1, -0.05) is 34.5 Å². The van der Waals surface area contributed by atoms with Crippen molar-refractivity contribution >= 4 is 23.6 Å². The summed E-state index contributed by atoms with van der Waals surface area (Å²) in [6.07, 6.45) is 3.35. The summed E-state index contributed by atoms with van der Waals surface area (Å²) in [5.41, 5.74) is 23.8. The van der Waals surface area contributed by atoms with Gasteiger partial charge in [0.1, 0.15) is 12.1 Å². The van der Waals surface area contributed by atoms with Gasteiger partial charge in [0.2, 0.25) is 29.5 Å². The molecule has 0 spiro atoms. The predicted octanol–water partition coefficient (Wildman–Crippen LogP) is 1.69. The molecule has 0 radical (unpaired) electrons. The second-order valence-electron chi connectivity index (χ2n) is 10.8. The molecule has 0 aliphatic heterocycles. The molecule has 4 amide bonds. The van der Waals surface area contributed by atoms with Gasteiger partial charge in [-0.15, -0.1) is 20.4 Å². The summed E-state index contributed by atoms with van der Waals surface area (Å²) in [6, 6.07) is 5.21. The number of nitrogens with one attached hydrogen (secondary N) is 4. The summed E-state index contributed by atoms with van der Waals surface area (Å²) in [5.74, 6) is -0.749. The second-order valence-corrected chi connectivity index (χ2v) is 10.8. The molecule has 1 heterocycles. The fourth-order valence-electron chi connectivity index (χ4n) is 4.42. The predicted molar refractivity (Wildman–Crippen MR) is 175 cm³/mol. The highest BCUT2D eigenvalue weighted by molar-refractivity contribution is 5.92. The second kappa shape index (κ2) is 23.0.